The Labute approximate surface area is 428 Å². The van der Waals surface area contributed by atoms with E-state index in [2.05, 4.69) is 257 Å². The smallest absolute Gasteiger partial charge is 0.137 e. The van der Waals surface area contributed by atoms with Crippen molar-refractivity contribution < 1.29 is 4.74 Å². The molecule has 0 unspecified atom stereocenters. The summed E-state index contributed by atoms with van der Waals surface area (Å²) in [5.74, 6) is 2.42. The molecule has 2 heterocycles. The van der Waals surface area contributed by atoms with Gasteiger partial charge in [-0.15, -0.1) is 0 Å². The molecule has 9 aromatic rings. The zero-order valence-corrected chi connectivity index (χ0v) is 44.8. The van der Waals surface area contributed by atoms with E-state index in [0.29, 0.717) is 0 Å². The van der Waals surface area contributed by atoms with E-state index in [0.717, 1.165) is 75.1 Å². The number of pyridine rings is 1. The second-order valence-corrected chi connectivity index (χ2v) is 24.7. The van der Waals surface area contributed by atoms with Crippen molar-refractivity contribution in [2.45, 2.75) is 130 Å². The summed E-state index contributed by atoms with van der Waals surface area (Å²) in [6.45, 7) is 30.2. The van der Waals surface area contributed by atoms with Gasteiger partial charge in [-0.25, -0.2) is 4.98 Å². The van der Waals surface area contributed by atoms with Crippen LogP contribution < -0.4 is 15.4 Å². The zero-order valence-electron chi connectivity index (χ0n) is 44.8. The van der Waals surface area contributed by atoms with Crippen LogP contribution in [0.3, 0.4) is 0 Å². The Kier molecular flexibility index (Phi) is 12.0. The first-order valence-electron chi connectivity index (χ1n) is 25.9. The van der Waals surface area contributed by atoms with Crippen LogP contribution in [0, 0.1) is 0 Å². The fraction of sp³-hybridized carbons (Fsp3) is 0.299. The van der Waals surface area contributed by atoms with E-state index in [1.54, 1.807) is 0 Å². The van der Waals surface area contributed by atoms with E-state index in [-0.39, 0.29) is 27.1 Å². The van der Waals surface area contributed by atoms with Gasteiger partial charge in [0.2, 0.25) is 0 Å². The number of anilines is 4. The molecule has 1 aliphatic carbocycles. The van der Waals surface area contributed by atoms with Crippen molar-refractivity contribution in [3.63, 3.8) is 0 Å². The summed E-state index contributed by atoms with van der Waals surface area (Å²) < 4.78 is 9.19. The van der Waals surface area contributed by atoms with Gasteiger partial charge in [0.05, 0.1) is 28.1 Å². The normalized spacial score (nSPS) is 14.6. The first-order chi connectivity index (χ1) is 34.0. The molecule has 0 atom stereocenters. The first-order valence-corrected chi connectivity index (χ1v) is 25.9. The first kappa shape index (κ1) is 48.5. The van der Waals surface area contributed by atoms with Crippen molar-refractivity contribution in [3.05, 3.63) is 192 Å². The molecule has 2 aromatic heterocycles. The van der Waals surface area contributed by atoms with Crippen LogP contribution in [0.2, 0.25) is 0 Å². The highest BCUT2D eigenvalue weighted by Crippen LogP contribution is 2.49. The van der Waals surface area contributed by atoms with Crippen molar-refractivity contribution in [2.75, 3.05) is 10.6 Å². The van der Waals surface area contributed by atoms with Gasteiger partial charge in [-0.05, 0) is 140 Å². The molecule has 7 aromatic carbocycles. The minimum Gasteiger partial charge on any atom is -0.457 e. The predicted octanol–water partition coefficient (Wildman–Crippen LogP) is 19.0. The zero-order chi connectivity index (χ0) is 51.0. The number of nitrogens with zero attached hydrogens (tertiary/aromatic N) is 2. The van der Waals surface area contributed by atoms with Gasteiger partial charge in [0.25, 0.3) is 0 Å². The van der Waals surface area contributed by atoms with Gasteiger partial charge in [-0.1, -0.05) is 175 Å². The summed E-state index contributed by atoms with van der Waals surface area (Å²) in [6, 6.07) is 57.1. The summed E-state index contributed by atoms with van der Waals surface area (Å²) in [6.07, 6.45) is 4.27. The van der Waals surface area contributed by atoms with Gasteiger partial charge in [0.1, 0.15) is 17.3 Å². The maximum absolute atomic E-state index is 6.83. The Bertz CT molecular complexity index is 3470. The maximum atomic E-state index is 6.83. The van der Waals surface area contributed by atoms with Crippen molar-refractivity contribution in [2.24, 2.45) is 0 Å². The molecule has 0 aliphatic heterocycles. The number of aromatic nitrogens is 2. The number of benzene rings is 7. The summed E-state index contributed by atoms with van der Waals surface area (Å²) in [5, 5.41) is 10.2. The molecule has 10 rings (SSSR count). The summed E-state index contributed by atoms with van der Waals surface area (Å²) >= 11 is 0. The van der Waals surface area contributed by atoms with E-state index in [4.69, 9.17) is 9.72 Å². The Morgan fingerprint density at radius 1 is 0.472 bits per heavy atom. The highest BCUT2D eigenvalue weighted by Gasteiger charge is 2.38. The molecule has 0 amide bonds. The lowest BCUT2D eigenvalue weighted by Gasteiger charge is -2.42. The number of hydrogen-bond donors (Lipinski definition) is 2. The standard InChI is InChI=1S/C67H72N4O/c1-63(2,3)45-31-34-68-61(38-45)71-59-40-50(29-30-53(59)54-41-55-56(42-60(54)71)67(12,13)33-32-66(55,10)11)72-49-24-19-23-48(39-49)69-57-27-17-18-28-58(57)70-62-51(43-21-15-14-16-22-43)25-20-26-52(62)44-35-46(64(4,5)6)37-47(36-44)65(7,8)9/h14-31,34-42,69-70H,32-33H2,1-13H3. The van der Waals surface area contributed by atoms with Crippen molar-refractivity contribution in [1.82, 2.24) is 9.55 Å². The van der Waals surface area contributed by atoms with E-state index in [1.165, 1.54) is 49.7 Å². The van der Waals surface area contributed by atoms with Crippen molar-refractivity contribution >= 4 is 44.6 Å². The molecular weight excluding hydrogens is 877 g/mol. The molecule has 0 spiro atoms. The molecule has 72 heavy (non-hydrogen) atoms. The molecule has 366 valence electrons. The second kappa shape index (κ2) is 17.9. The van der Waals surface area contributed by atoms with E-state index < -0.39 is 0 Å². The predicted molar refractivity (Wildman–Crippen MR) is 307 cm³/mol. The lowest BCUT2D eigenvalue weighted by Crippen LogP contribution is -2.33. The molecule has 5 heteroatoms. The maximum Gasteiger partial charge on any atom is 0.137 e. The van der Waals surface area contributed by atoms with Crippen LogP contribution in [0.25, 0.3) is 49.9 Å². The van der Waals surface area contributed by atoms with Crippen LogP contribution in [-0.4, -0.2) is 9.55 Å². The summed E-state index contributed by atoms with van der Waals surface area (Å²) in [4.78, 5) is 5.04. The summed E-state index contributed by atoms with van der Waals surface area (Å²) in [7, 11) is 0. The topological polar surface area (TPSA) is 51.1 Å². The molecule has 2 N–H and O–H groups in total. The van der Waals surface area contributed by atoms with Gasteiger partial charge in [0.15, 0.2) is 0 Å². The van der Waals surface area contributed by atoms with Gasteiger partial charge in [0, 0.05) is 45.9 Å². The van der Waals surface area contributed by atoms with Crippen LogP contribution in [0.1, 0.15) is 131 Å². The van der Waals surface area contributed by atoms with Crippen LogP contribution in [0.5, 0.6) is 11.5 Å². The lowest BCUT2D eigenvalue weighted by molar-refractivity contribution is 0.332. The third-order valence-corrected chi connectivity index (χ3v) is 15.2. The number of nitrogens with one attached hydrogen (secondary N) is 2. The molecular formula is C67H72N4O. The highest BCUT2D eigenvalue weighted by atomic mass is 16.5. The van der Waals surface area contributed by atoms with Crippen LogP contribution in [0.15, 0.2) is 164 Å². The average molecular weight is 949 g/mol. The van der Waals surface area contributed by atoms with E-state index in [1.807, 2.05) is 12.3 Å². The second-order valence-electron chi connectivity index (χ2n) is 24.7. The molecule has 5 nitrogen and oxygen atoms in total. The Balaban J connectivity index is 1.02. The van der Waals surface area contributed by atoms with E-state index in [9.17, 15) is 0 Å². The molecule has 0 saturated heterocycles. The van der Waals surface area contributed by atoms with Gasteiger partial charge >= 0.3 is 0 Å². The minimum atomic E-state index is -0.0315. The number of hydrogen-bond acceptors (Lipinski definition) is 4. The van der Waals surface area contributed by atoms with Gasteiger partial charge in [-0.3, -0.25) is 4.57 Å². The Morgan fingerprint density at radius 3 is 1.69 bits per heavy atom. The monoisotopic (exact) mass is 949 g/mol. The molecule has 0 radical (unpaired) electrons. The van der Waals surface area contributed by atoms with E-state index >= 15 is 0 Å². The average Bonchev–Trinajstić information content (AvgIpc) is 3.65. The van der Waals surface area contributed by atoms with Crippen LogP contribution >= 0.6 is 0 Å². The number of rotatable bonds is 9. The third kappa shape index (κ3) is 9.42. The van der Waals surface area contributed by atoms with Gasteiger partial charge < -0.3 is 15.4 Å². The third-order valence-electron chi connectivity index (χ3n) is 15.2. The van der Waals surface area contributed by atoms with Crippen molar-refractivity contribution in [3.8, 4) is 39.6 Å². The summed E-state index contributed by atoms with van der Waals surface area (Å²) in [5.41, 5.74) is 17.6. The fourth-order valence-electron chi connectivity index (χ4n) is 10.6. The van der Waals surface area contributed by atoms with Crippen LogP contribution in [-0.2, 0) is 27.1 Å². The van der Waals surface area contributed by atoms with Crippen molar-refractivity contribution in [1.29, 1.82) is 0 Å². The number of ether oxygens (including phenoxy) is 1. The van der Waals surface area contributed by atoms with Crippen LogP contribution in [0.4, 0.5) is 22.7 Å². The molecule has 1 aliphatic rings. The lowest BCUT2D eigenvalue weighted by atomic mass is 9.63. The minimum absolute atomic E-state index is 0.0207. The molecule has 0 saturated carbocycles. The van der Waals surface area contributed by atoms with Gasteiger partial charge in [-0.2, -0.15) is 0 Å². The quantitative estimate of drug-likeness (QED) is 0.151. The highest BCUT2D eigenvalue weighted by molar-refractivity contribution is 6.10. The molecule has 0 bridgehead atoms. The SMILES string of the molecule is CC(C)(C)c1cc(-c2cccc(-c3ccccc3)c2Nc2ccccc2Nc2cccc(Oc3ccc4c5cc6c(cc5n(-c5cc(C(C)(C)C)ccn5)c4c3)C(C)(C)CCC6(C)C)c2)cc(C(C)(C)C)c1. The number of fused-ring (bicyclic) bond motifs is 4. The molecule has 0 fully saturated rings. The Morgan fingerprint density at radius 2 is 1.04 bits per heavy atom. The number of para-hydroxylation sites is 3. The Hall–Kier alpha value is -7.11. The fourth-order valence-corrected chi connectivity index (χ4v) is 10.6. The largest absolute Gasteiger partial charge is 0.457 e.